The van der Waals surface area contributed by atoms with E-state index in [4.69, 9.17) is 9.47 Å². The van der Waals surface area contributed by atoms with Gasteiger partial charge in [-0.15, -0.1) is 24.0 Å². The average Bonchev–Trinajstić information content (AvgIpc) is 3.12. The molecule has 0 bridgehead atoms. The molecule has 1 N–H and O–H groups in total. The third-order valence-electron chi connectivity index (χ3n) is 4.35. The zero-order valence-corrected chi connectivity index (χ0v) is 16.2. The number of rotatable bonds is 3. The monoisotopic (exact) mass is 449 g/mol. The summed E-state index contributed by atoms with van der Waals surface area (Å²) in [5.74, 6) is 0.631. The van der Waals surface area contributed by atoms with Crippen LogP contribution in [0.25, 0.3) is 0 Å². The van der Waals surface area contributed by atoms with Crippen molar-refractivity contribution in [1.29, 1.82) is 0 Å². The zero-order valence-electron chi connectivity index (χ0n) is 13.9. The Balaban J connectivity index is 0.00000208. The Morgan fingerprint density at radius 2 is 2.00 bits per heavy atom. The van der Waals surface area contributed by atoms with E-state index in [1.165, 1.54) is 12.1 Å². The molecule has 5 nitrogen and oxygen atoms in total. The Morgan fingerprint density at radius 3 is 2.67 bits per heavy atom. The van der Waals surface area contributed by atoms with E-state index < -0.39 is 0 Å². The fourth-order valence-electron chi connectivity index (χ4n) is 3.10. The van der Waals surface area contributed by atoms with Crippen molar-refractivity contribution < 1.29 is 13.9 Å². The van der Waals surface area contributed by atoms with Crippen molar-refractivity contribution in [2.24, 2.45) is 4.99 Å². The van der Waals surface area contributed by atoms with Crippen LogP contribution in [0, 0.1) is 5.82 Å². The van der Waals surface area contributed by atoms with E-state index in [-0.39, 0.29) is 42.0 Å². The summed E-state index contributed by atoms with van der Waals surface area (Å²) >= 11 is 0. The first-order valence-corrected chi connectivity index (χ1v) is 8.19. The van der Waals surface area contributed by atoms with E-state index >= 15 is 0 Å². The van der Waals surface area contributed by atoms with E-state index in [1.807, 2.05) is 0 Å². The van der Waals surface area contributed by atoms with E-state index in [0.717, 1.165) is 44.1 Å². The number of hydrogen-bond donors (Lipinski definition) is 1. The molecule has 0 saturated carbocycles. The predicted octanol–water partition coefficient (Wildman–Crippen LogP) is 2.40. The molecule has 2 heterocycles. The Hall–Kier alpha value is -0.930. The molecule has 0 radical (unpaired) electrons. The van der Waals surface area contributed by atoms with Crippen LogP contribution in [0.4, 0.5) is 4.39 Å². The SMILES string of the molecule is CN=C(NCc1ccc(F)cc1)N1CCOC(C2CCCO2)C1.I. The van der Waals surface area contributed by atoms with Crippen LogP contribution in [0.5, 0.6) is 0 Å². The van der Waals surface area contributed by atoms with Crippen molar-refractivity contribution in [3.05, 3.63) is 35.6 Å². The molecule has 3 rings (SSSR count). The van der Waals surface area contributed by atoms with Gasteiger partial charge in [0.05, 0.1) is 12.7 Å². The maximum absolute atomic E-state index is 13.0. The summed E-state index contributed by atoms with van der Waals surface area (Å²) in [6, 6.07) is 6.51. The topological polar surface area (TPSA) is 46.1 Å². The molecular formula is C17H25FIN3O2. The molecule has 0 aliphatic carbocycles. The van der Waals surface area contributed by atoms with Crippen LogP contribution < -0.4 is 5.32 Å². The Bertz CT molecular complexity index is 535. The highest BCUT2D eigenvalue weighted by Crippen LogP contribution is 2.21. The predicted molar refractivity (Wildman–Crippen MR) is 102 cm³/mol. The van der Waals surface area contributed by atoms with Gasteiger partial charge in [-0.1, -0.05) is 12.1 Å². The molecule has 1 aromatic rings. The maximum Gasteiger partial charge on any atom is 0.194 e. The molecule has 0 amide bonds. The van der Waals surface area contributed by atoms with Crippen LogP contribution in [0.15, 0.2) is 29.3 Å². The molecular weight excluding hydrogens is 424 g/mol. The highest BCUT2D eigenvalue weighted by Gasteiger charge is 2.32. The van der Waals surface area contributed by atoms with E-state index in [2.05, 4.69) is 15.2 Å². The number of benzene rings is 1. The van der Waals surface area contributed by atoms with Gasteiger partial charge in [-0.3, -0.25) is 4.99 Å². The van der Waals surface area contributed by atoms with Gasteiger partial charge in [-0.2, -0.15) is 0 Å². The van der Waals surface area contributed by atoms with E-state index in [9.17, 15) is 4.39 Å². The van der Waals surface area contributed by atoms with Gasteiger partial charge >= 0.3 is 0 Å². The van der Waals surface area contributed by atoms with Crippen LogP contribution in [0.2, 0.25) is 0 Å². The molecule has 2 saturated heterocycles. The van der Waals surface area contributed by atoms with Gasteiger partial charge in [-0.05, 0) is 30.5 Å². The van der Waals surface area contributed by atoms with Crippen molar-refractivity contribution in [2.45, 2.75) is 31.6 Å². The number of nitrogens with one attached hydrogen (secondary N) is 1. The molecule has 134 valence electrons. The molecule has 24 heavy (non-hydrogen) atoms. The highest BCUT2D eigenvalue weighted by atomic mass is 127. The highest BCUT2D eigenvalue weighted by molar-refractivity contribution is 14.0. The Morgan fingerprint density at radius 1 is 1.25 bits per heavy atom. The first kappa shape index (κ1) is 19.4. The summed E-state index contributed by atoms with van der Waals surface area (Å²) in [7, 11) is 1.78. The van der Waals surface area contributed by atoms with Gasteiger partial charge in [0.15, 0.2) is 5.96 Å². The van der Waals surface area contributed by atoms with Crippen LogP contribution >= 0.6 is 24.0 Å². The second-order valence-corrected chi connectivity index (χ2v) is 5.93. The lowest BCUT2D eigenvalue weighted by molar-refractivity contribution is -0.0817. The minimum Gasteiger partial charge on any atom is -0.375 e. The number of ether oxygens (including phenoxy) is 2. The van der Waals surface area contributed by atoms with Gasteiger partial charge in [0.1, 0.15) is 11.9 Å². The van der Waals surface area contributed by atoms with Crippen molar-refractivity contribution in [3.63, 3.8) is 0 Å². The Labute approximate surface area is 159 Å². The maximum atomic E-state index is 13.0. The van der Waals surface area contributed by atoms with E-state index in [0.29, 0.717) is 13.2 Å². The van der Waals surface area contributed by atoms with Crippen LogP contribution in [-0.2, 0) is 16.0 Å². The zero-order chi connectivity index (χ0) is 16.1. The molecule has 2 aliphatic rings. The molecule has 0 aromatic heterocycles. The van der Waals surface area contributed by atoms with Gasteiger partial charge in [0, 0.05) is 33.3 Å². The fourth-order valence-corrected chi connectivity index (χ4v) is 3.10. The van der Waals surface area contributed by atoms with Crippen molar-refractivity contribution in [1.82, 2.24) is 10.2 Å². The third kappa shape index (κ3) is 5.03. The molecule has 2 atom stereocenters. The lowest BCUT2D eigenvalue weighted by Crippen LogP contribution is -2.53. The molecule has 2 unspecified atom stereocenters. The number of halogens is 2. The quantitative estimate of drug-likeness (QED) is 0.438. The number of guanidine groups is 1. The van der Waals surface area contributed by atoms with Crippen molar-refractivity contribution in [2.75, 3.05) is 33.4 Å². The average molecular weight is 449 g/mol. The van der Waals surface area contributed by atoms with Gasteiger partial charge in [0.25, 0.3) is 0 Å². The van der Waals surface area contributed by atoms with Crippen molar-refractivity contribution >= 4 is 29.9 Å². The van der Waals surface area contributed by atoms with Crippen molar-refractivity contribution in [3.8, 4) is 0 Å². The standard InChI is InChI=1S/C17H24FN3O2.HI/c1-19-17(20-11-13-4-6-14(18)7-5-13)21-8-10-23-16(12-21)15-3-2-9-22-15;/h4-7,15-16H,2-3,8-12H2,1H3,(H,19,20);1H. The summed E-state index contributed by atoms with van der Waals surface area (Å²) in [6.07, 6.45) is 2.49. The van der Waals surface area contributed by atoms with Gasteiger partial charge in [0.2, 0.25) is 0 Å². The molecule has 2 fully saturated rings. The number of nitrogens with zero attached hydrogens (tertiary/aromatic N) is 2. The van der Waals surface area contributed by atoms with E-state index in [1.54, 1.807) is 19.2 Å². The lowest BCUT2D eigenvalue weighted by atomic mass is 10.1. The third-order valence-corrected chi connectivity index (χ3v) is 4.35. The number of morpholine rings is 1. The molecule has 2 aliphatic heterocycles. The smallest absolute Gasteiger partial charge is 0.194 e. The summed E-state index contributed by atoms with van der Waals surface area (Å²) < 4.78 is 24.6. The first-order valence-electron chi connectivity index (χ1n) is 8.19. The summed E-state index contributed by atoms with van der Waals surface area (Å²) in [4.78, 5) is 6.57. The fraction of sp³-hybridized carbons (Fsp3) is 0.588. The van der Waals surface area contributed by atoms with Crippen LogP contribution in [0.1, 0.15) is 18.4 Å². The number of aliphatic imine (C=N–C) groups is 1. The van der Waals surface area contributed by atoms with Gasteiger partial charge < -0.3 is 19.7 Å². The normalized spacial score (nSPS) is 24.6. The minimum atomic E-state index is -0.217. The molecule has 0 spiro atoms. The summed E-state index contributed by atoms with van der Waals surface area (Å²) in [5.41, 5.74) is 1.02. The van der Waals surface area contributed by atoms with Crippen LogP contribution in [0.3, 0.4) is 0 Å². The largest absolute Gasteiger partial charge is 0.375 e. The van der Waals surface area contributed by atoms with Gasteiger partial charge in [-0.25, -0.2) is 4.39 Å². The second-order valence-electron chi connectivity index (χ2n) is 5.93. The minimum absolute atomic E-state index is 0. The Kier molecular flexibility index (Phi) is 7.70. The van der Waals surface area contributed by atoms with Crippen LogP contribution in [-0.4, -0.2) is 56.4 Å². The summed E-state index contributed by atoms with van der Waals surface area (Å²) in [6.45, 7) is 3.73. The lowest BCUT2D eigenvalue weighted by Gasteiger charge is -2.37. The second kappa shape index (κ2) is 9.53. The molecule has 1 aromatic carbocycles. The first-order chi connectivity index (χ1) is 11.3. The number of hydrogen-bond acceptors (Lipinski definition) is 3. The molecule has 7 heteroatoms. The summed E-state index contributed by atoms with van der Waals surface area (Å²) in [5, 5.41) is 3.34.